The zero-order valence-corrected chi connectivity index (χ0v) is 14.0. The van der Waals surface area contributed by atoms with Crippen molar-refractivity contribution >= 4 is 23.3 Å². The van der Waals surface area contributed by atoms with E-state index in [4.69, 9.17) is 9.47 Å². The molecule has 1 aliphatic heterocycles. The van der Waals surface area contributed by atoms with Gasteiger partial charge in [0.05, 0.1) is 18.6 Å². The first-order valence-corrected chi connectivity index (χ1v) is 8.76. The number of ether oxygens (including phenoxy) is 2. The van der Waals surface area contributed by atoms with E-state index in [1.165, 1.54) is 4.90 Å². The lowest BCUT2D eigenvalue weighted by Gasteiger charge is -2.14. The van der Waals surface area contributed by atoms with Gasteiger partial charge in [0, 0.05) is 10.5 Å². The van der Waals surface area contributed by atoms with Gasteiger partial charge in [-0.3, -0.25) is 4.79 Å². The van der Waals surface area contributed by atoms with Gasteiger partial charge in [-0.1, -0.05) is 12.1 Å². The molecule has 3 rings (SSSR count). The molecule has 0 unspecified atom stereocenters. The van der Waals surface area contributed by atoms with Crippen molar-refractivity contribution in [2.45, 2.75) is 18.2 Å². The van der Waals surface area contributed by atoms with Gasteiger partial charge in [-0.15, -0.1) is 11.8 Å². The second kappa shape index (κ2) is 6.92. The molecule has 0 bridgehead atoms. The van der Waals surface area contributed by atoms with E-state index in [9.17, 15) is 4.79 Å². The van der Waals surface area contributed by atoms with E-state index in [1.54, 1.807) is 17.8 Å². The monoisotopic (exact) mass is 326 g/mol. The zero-order valence-electron chi connectivity index (χ0n) is 13.2. The topological polar surface area (TPSA) is 35.5 Å². The largest absolute Gasteiger partial charge is 0.494 e. The van der Waals surface area contributed by atoms with Crippen LogP contribution in [0.1, 0.15) is 29.3 Å². The minimum Gasteiger partial charge on any atom is -0.494 e. The number of allylic oxidation sites excluding steroid dienone is 1. The number of Topliss-reactive ketones (excluding diaryl/α,β-unsaturated/α-hetero) is 1. The van der Waals surface area contributed by atoms with Gasteiger partial charge in [0.2, 0.25) is 0 Å². The molecule has 3 nitrogen and oxygen atoms in total. The average molecular weight is 326 g/mol. The maximum absolute atomic E-state index is 12.5. The number of hydrogen-bond donors (Lipinski definition) is 0. The summed E-state index contributed by atoms with van der Waals surface area (Å²) < 4.78 is 11.8. The lowest BCUT2D eigenvalue weighted by atomic mass is 10.1. The predicted molar refractivity (Wildman–Crippen MR) is 92.8 cm³/mol. The van der Waals surface area contributed by atoms with Gasteiger partial charge < -0.3 is 9.47 Å². The molecule has 0 fully saturated rings. The third kappa shape index (κ3) is 3.27. The number of ketones is 1. The predicted octanol–water partition coefficient (Wildman–Crippen LogP) is 4.78. The molecule has 0 radical (unpaired) electrons. The standard InChI is InChI=1S/C19H18O3S/c1-3-21-18-12-16(20)15-6-4-5-7-17(15)22-19(18)13-8-10-14(23-2)11-9-13/h4-11H,3,12H2,1-2H3. The van der Waals surface area contributed by atoms with Crippen molar-refractivity contribution in [3.05, 3.63) is 65.4 Å². The number of fused-ring (bicyclic) bond motifs is 1. The van der Waals surface area contributed by atoms with Crippen molar-refractivity contribution < 1.29 is 14.3 Å². The summed E-state index contributed by atoms with van der Waals surface area (Å²) in [5, 5.41) is 0. The minimum absolute atomic E-state index is 0.0137. The average Bonchev–Trinajstić information content (AvgIpc) is 2.73. The third-order valence-corrected chi connectivity index (χ3v) is 4.39. The lowest BCUT2D eigenvalue weighted by Crippen LogP contribution is -2.04. The first-order chi connectivity index (χ1) is 11.2. The summed E-state index contributed by atoms with van der Waals surface area (Å²) >= 11 is 1.69. The number of para-hydroxylation sites is 1. The van der Waals surface area contributed by atoms with E-state index < -0.39 is 0 Å². The van der Waals surface area contributed by atoms with E-state index in [0.29, 0.717) is 29.4 Å². The first kappa shape index (κ1) is 15.7. The van der Waals surface area contributed by atoms with E-state index in [0.717, 1.165) is 5.56 Å². The SMILES string of the molecule is CCOC1=C(c2ccc(SC)cc2)Oc2ccccc2C(=O)C1. The van der Waals surface area contributed by atoms with Gasteiger partial charge in [0.15, 0.2) is 11.5 Å². The number of carbonyl (C=O) groups is 1. The smallest absolute Gasteiger partial charge is 0.174 e. The van der Waals surface area contributed by atoms with Crippen LogP contribution in [0.25, 0.3) is 5.76 Å². The van der Waals surface area contributed by atoms with E-state index >= 15 is 0 Å². The van der Waals surface area contributed by atoms with Crippen LogP contribution in [-0.4, -0.2) is 18.6 Å². The van der Waals surface area contributed by atoms with Crippen LogP contribution in [0, 0.1) is 0 Å². The quantitative estimate of drug-likeness (QED) is 0.758. The van der Waals surface area contributed by atoms with Crippen LogP contribution < -0.4 is 4.74 Å². The molecule has 0 spiro atoms. The van der Waals surface area contributed by atoms with Gasteiger partial charge in [0.25, 0.3) is 0 Å². The molecule has 2 aromatic carbocycles. The summed E-state index contributed by atoms with van der Waals surface area (Å²) in [6.45, 7) is 2.40. The Kier molecular flexibility index (Phi) is 4.72. The van der Waals surface area contributed by atoms with Crippen molar-refractivity contribution in [1.82, 2.24) is 0 Å². The van der Waals surface area contributed by atoms with Crippen molar-refractivity contribution in [2.75, 3.05) is 12.9 Å². The molecule has 0 saturated carbocycles. The molecule has 4 heteroatoms. The summed E-state index contributed by atoms with van der Waals surface area (Å²) in [6.07, 6.45) is 2.25. The van der Waals surface area contributed by atoms with Crippen molar-refractivity contribution in [3.63, 3.8) is 0 Å². The third-order valence-electron chi connectivity index (χ3n) is 3.64. The normalized spacial score (nSPS) is 14.1. The Morgan fingerprint density at radius 2 is 1.87 bits per heavy atom. The Morgan fingerprint density at radius 1 is 1.13 bits per heavy atom. The number of benzene rings is 2. The molecule has 1 aliphatic rings. The second-order valence-electron chi connectivity index (χ2n) is 5.11. The molecule has 0 aliphatic carbocycles. The second-order valence-corrected chi connectivity index (χ2v) is 5.99. The Morgan fingerprint density at radius 3 is 2.57 bits per heavy atom. The fourth-order valence-corrected chi connectivity index (χ4v) is 2.94. The molecule has 2 aromatic rings. The Balaban J connectivity index is 2.08. The lowest BCUT2D eigenvalue weighted by molar-refractivity contribution is 0.0967. The molecule has 0 saturated heterocycles. The molecule has 0 N–H and O–H groups in total. The molecule has 118 valence electrons. The summed E-state index contributed by atoms with van der Waals surface area (Å²) in [5.41, 5.74) is 1.51. The van der Waals surface area contributed by atoms with E-state index in [2.05, 4.69) is 0 Å². The molecule has 0 amide bonds. The van der Waals surface area contributed by atoms with E-state index in [1.807, 2.05) is 55.6 Å². The summed E-state index contributed by atoms with van der Waals surface area (Å²) in [5.74, 6) is 1.80. The summed E-state index contributed by atoms with van der Waals surface area (Å²) in [4.78, 5) is 13.6. The fraction of sp³-hybridized carbons (Fsp3) is 0.211. The molecular formula is C19H18O3S. The minimum atomic E-state index is 0.0137. The van der Waals surface area contributed by atoms with Crippen LogP contribution in [0.2, 0.25) is 0 Å². The molecule has 0 atom stereocenters. The number of rotatable bonds is 4. The summed E-state index contributed by atoms with van der Waals surface area (Å²) in [7, 11) is 0. The Labute approximate surface area is 140 Å². The van der Waals surface area contributed by atoms with Crippen LogP contribution in [0.4, 0.5) is 0 Å². The number of hydrogen-bond acceptors (Lipinski definition) is 4. The zero-order chi connectivity index (χ0) is 16.2. The highest BCUT2D eigenvalue weighted by atomic mass is 32.2. The highest BCUT2D eigenvalue weighted by Gasteiger charge is 2.25. The van der Waals surface area contributed by atoms with Gasteiger partial charge in [-0.25, -0.2) is 0 Å². The van der Waals surface area contributed by atoms with Crippen LogP contribution in [0.15, 0.2) is 59.2 Å². The number of carbonyl (C=O) groups excluding carboxylic acids is 1. The molecular weight excluding hydrogens is 308 g/mol. The Hall–Kier alpha value is -2.20. The fourth-order valence-electron chi connectivity index (χ4n) is 2.53. The van der Waals surface area contributed by atoms with Gasteiger partial charge in [-0.05, 0) is 49.6 Å². The maximum atomic E-state index is 12.5. The van der Waals surface area contributed by atoms with Crippen LogP contribution in [0.5, 0.6) is 5.75 Å². The summed E-state index contributed by atoms with van der Waals surface area (Å²) in [6, 6.07) is 15.4. The van der Waals surface area contributed by atoms with Crippen molar-refractivity contribution in [1.29, 1.82) is 0 Å². The highest BCUT2D eigenvalue weighted by Crippen LogP contribution is 2.34. The molecule has 0 aromatic heterocycles. The van der Waals surface area contributed by atoms with Crippen LogP contribution in [0.3, 0.4) is 0 Å². The first-order valence-electron chi connectivity index (χ1n) is 7.53. The van der Waals surface area contributed by atoms with Gasteiger partial charge >= 0.3 is 0 Å². The van der Waals surface area contributed by atoms with Crippen molar-refractivity contribution in [2.24, 2.45) is 0 Å². The molecule has 23 heavy (non-hydrogen) atoms. The molecule has 1 heterocycles. The van der Waals surface area contributed by atoms with Gasteiger partial charge in [0.1, 0.15) is 11.5 Å². The Bertz CT molecular complexity index is 747. The van der Waals surface area contributed by atoms with Crippen LogP contribution in [-0.2, 0) is 4.74 Å². The van der Waals surface area contributed by atoms with Crippen LogP contribution >= 0.6 is 11.8 Å². The maximum Gasteiger partial charge on any atom is 0.174 e. The highest BCUT2D eigenvalue weighted by molar-refractivity contribution is 7.98. The van der Waals surface area contributed by atoms with E-state index in [-0.39, 0.29) is 12.2 Å². The number of thioether (sulfide) groups is 1. The van der Waals surface area contributed by atoms with Gasteiger partial charge in [-0.2, -0.15) is 0 Å². The van der Waals surface area contributed by atoms with Crippen molar-refractivity contribution in [3.8, 4) is 5.75 Å².